The molecule has 0 aromatic heterocycles. The Morgan fingerprint density at radius 2 is 2.05 bits per heavy atom. The van der Waals surface area contributed by atoms with E-state index < -0.39 is 0 Å². The standard InChI is InChI=1S/C15H23NO2S/c1-10(16)15(19-14-8-9-18-11(14)2)12-4-6-13(17-3)7-5-12/h4-7,10-11,14-15H,8-9,16H2,1-3H3. The normalized spacial score (nSPS) is 26.1. The second-order valence-corrected chi connectivity index (χ2v) is 6.48. The van der Waals surface area contributed by atoms with Crippen LogP contribution in [0.4, 0.5) is 0 Å². The fraction of sp³-hybridized carbons (Fsp3) is 0.600. The van der Waals surface area contributed by atoms with Gasteiger partial charge in [-0.2, -0.15) is 0 Å². The van der Waals surface area contributed by atoms with Gasteiger partial charge in [0.05, 0.1) is 13.2 Å². The molecule has 0 spiro atoms. The SMILES string of the molecule is COc1ccc(C(SC2CCOC2C)C(C)N)cc1. The van der Waals surface area contributed by atoms with Crippen molar-refractivity contribution in [3.8, 4) is 5.75 Å². The van der Waals surface area contributed by atoms with Crippen LogP contribution in [0.1, 0.15) is 31.1 Å². The van der Waals surface area contributed by atoms with Gasteiger partial charge >= 0.3 is 0 Å². The minimum atomic E-state index is 0.117. The Balaban J connectivity index is 2.10. The first-order valence-corrected chi connectivity index (χ1v) is 7.72. The molecule has 0 saturated carbocycles. The van der Waals surface area contributed by atoms with E-state index in [9.17, 15) is 0 Å². The molecule has 1 aromatic carbocycles. The maximum absolute atomic E-state index is 6.17. The highest BCUT2D eigenvalue weighted by Crippen LogP contribution is 2.39. The van der Waals surface area contributed by atoms with Gasteiger partial charge in [0.15, 0.2) is 0 Å². The van der Waals surface area contributed by atoms with Gasteiger partial charge in [0, 0.05) is 23.1 Å². The molecular weight excluding hydrogens is 258 g/mol. The molecule has 4 atom stereocenters. The lowest BCUT2D eigenvalue weighted by Gasteiger charge is -2.25. The highest BCUT2D eigenvalue weighted by molar-refractivity contribution is 8.00. The lowest BCUT2D eigenvalue weighted by Crippen LogP contribution is -2.26. The number of ether oxygens (including phenoxy) is 2. The first kappa shape index (κ1) is 14.7. The molecule has 2 N–H and O–H groups in total. The Bertz CT molecular complexity index is 394. The highest BCUT2D eigenvalue weighted by Gasteiger charge is 2.29. The zero-order valence-corrected chi connectivity index (χ0v) is 12.7. The van der Waals surface area contributed by atoms with Crippen LogP contribution in [0.5, 0.6) is 5.75 Å². The van der Waals surface area contributed by atoms with E-state index >= 15 is 0 Å². The van der Waals surface area contributed by atoms with Crippen molar-refractivity contribution in [1.82, 2.24) is 0 Å². The molecule has 2 rings (SSSR count). The molecule has 1 saturated heterocycles. The summed E-state index contributed by atoms with van der Waals surface area (Å²) in [6.45, 7) is 5.09. The summed E-state index contributed by atoms with van der Waals surface area (Å²) in [5, 5.41) is 0.846. The van der Waals surface area contributed by atoms with Crippen molar-refractivity contribution >= 4 is 11.8 Å². The number of benzene rings is 1. The van der Waals surface area contributed by atoms with Crippen molar-refractivity contribution in [3.63, 3.8) is 0 Å². The van der Waals surface area contributed by atoms with Crippen LogP contribution in [0, 0.1) is 0 Å². The largest absolute Gasteiger partial charge is 0.497 e. The summed E-state index contributed by atoms with van der Waals surface area (Å²) in [5.41, 5.74) is 7.43. The maximum Gasteiger partial charge on any atom is 0.118 e. The average Bonchev–Trinajstić information content (AvgIpc) is 2.81. The zero-order chi connectivity index (χ0) is 13.8. The Hall–Kier alpha value is -0.710. The summed E-state index contributed by atoms with van der Waals surface area (Å²) in [6, 6.07) is 8.34. The van der Waals surface area contributed by atoms with E-state index in [1.54, 1.807) is 7.11 Å². The van der Waals surface area contributed by atoms with Crippen LogP contribution >= 0.6 is 11.8 Å². The van der Waals surface area contributed by atoms with Gasteiger partial charge in [0.2, 0.25) is 0 Å². The molecule has 0 bridgehead atoms. The molecule has 4 unspecified atom stereocenters. The van der Waals surface area contributed by atoms with Crippen LogP contribution in [0.2, 0.25) is 0 Å². The van der Waals surface area contributed by atoms with Crippen molar-refractivity contribution in [2.45, 2.75) is 42.9 Å². The Morgan fingerprint density at radius 1 is 1.37 bits per heavy atom. The first-order chi connectivity index (χ1) is 9.11. The van der Waals surface area contributed by atoms with Crippen LogP contribution in [0.25, 0.3) is 0 Å². The molecule has 0 amide bonds. The van der Waals surface area contributed by atoms with Gasteiger partial charge < -0.3 is 15.2 Å². The van der Waals surface area contributed by atoms with Gasteiger partial charge in [-0.25, -0.2) is 0 Å². The molecule has 19 heavy (non-hydrogen) atoms. The lowest BCUT2D eigenvalue weighted by molar-refractivity contribution is 0.127. The predicted molar refractivity (Wildman–Crippen MR) is 80.8 cm³/mol. The number of nitrogens with two attached hydrogens (primary N) is 1. The van der Waals surface area contributed by atoms with E-state index in [0.717, 1.165) is 18.8 Å². The van der Waals surface area contributed by atoms with E-state index in [1.165, 1.54) is 5.56 Å². The molecular formula is C15H23NO2S. The van der Waals surface area contributed by atoms with Gasteiger partial charge in [-0.15, -0.1) is 11.8 Å². The molecule has 3 nitrogen and oxygen atoms in total. The van der Waals surface area contributed by atoms with E-state index in [4.69, 9.17) is 15.2 Å². The summed E-state index contributed by atoms with van der Waals surface area (Å²) in [6.07, 6.45) is 1.44. The van der Waals surface area contributed by atoms with Crippen molar-refractivity contribution in [2.75, 3.05) is 13.7 Å². The summed E-state index contributed by atoms with van der Waals surface area (Å²) < 4.78 is 10.8. The monoisotopic (exact) mass is 281 g/mol. The first-order valence-electron chi connectivity index (χ1n) is 6.78. The Labute approximate surface area is 119 Å². The lowest BCUT2D eigenvalue weighted by atomic mass is 10.1. The second kappa shape index (κ2) is 6.64. The van der Waals surface area contributed by atoms with Gasteiger partial charge in [0.25, 0.3) is 0 Å². The van der Waals surface area contributed by atoms with Crippen molar-refractivity contribution < 1.29 is 9.47 Å². The van der Waals surface area contributed by atoms with Gasteiger partial charge in [-0.05, 0) is 38.0 Å². The number of rotatable bonds is 5. The van der Waals surface area contributed by atoms with Crippen LogP contribution < -0.4 is 10.5 Å². The smallest absolute Gasteiger partial charge is 0.118 e. The van der Waals surface area contributed by atoms with E-state index in [2.05, 4.69) is 26.0 Å². The number of thioether (sulfide) groups is 1. The highest BCUT2D eigenvalue weighted by atomic mass is 32.2. The van der Waals surface area contributed by atoms with Gasteiger partial charge in [-0.1, -0.05) is 12.1 Å². The minimum absolute atomic E-state index is 0.117. The van der Waals surface area contributed by atoms with Crippen LogP contribution in [0.15, 0.2) is 24.3 Å². The number of hydrogen-bond acceptors (Lipinski definition) is 4. The minimum Gasteiger partial charge on any atom is -0.497 e. The quantitative estimate of drug-likeness (QED) is 0.901. The van der Waals surface area contributed by atoms with E-state index in [-0.39, 0.29) is 6.04 Å². The summed E-state index contributed by atoms with van der Waals surface area (Å²) in [7, 11) is 1.68. The van der Waals surface area contributed by atoms with Crippen molar-refractivity contribution in [1.29, 1.82) is 0 Å². The van der Waals surface area contributed by atoms with Crippen molar-refractivity contribution in [3.05, 3.63) is 29.8 Å². The molecule has 1 aliphatic heterocycles. The van der Waals surface area contributed by atoms with Crippen LogP contribution in [0.3, 0.4) is 0 Å². The third-order valence-electron chi connectivity index (χ3n) is 3.55. The zero-order valence-electron chi connectivity index (χ0n) is 11.8. The fourth-order valence-electron chi connectivity index (χ4n) is 2.38. The maximum atomic E-state index is 6.17. The van der Waals surface area contributed by atoms with Gasteiger partial charge in [-0.3, -0.25) is 0 Å². The number of methoxy groups -OCH3 is 1. The molecule has 4 heteroatoms. The van der Waals surface area contributed by atoms with Crippen LogP contribution in [-0.2, 0) is 4.74 Å². The third kappa shape index (κ3) is 3.65. The van der Waals surface area contributed by atoms with E-state index in [0.29, 0.717) is 16.6 Å². The Morgan fingerprint density at radius 3 is 2.53 bits per heavy atom. The van der Waals surface area contributed by atoms with E-state index in [1.807, 2.05) is 23.9 Å². The molecule has 0 aliphatic carbocycles. The molecule has 1 fully saturated rings. The molecule has 0 radical (unpaired) electrons. The second-order valence-electron chi connectivity index (χ2n) is 5.09. The Kier molecular flexibility index (Phi) is 5.13. The molecule has 1 heterocycles. The van der Waals surface area contributed by atoms with Gasteiger partial charge in [0.1, 0.15) is 5.75 Å². The third-order valence-corrected chi connectivity index (χ3v) is 5.51. The molecule has 1 aromatic rings. The fourth-order valence-corrected chi connectivity index (χ4v) is 3.85. The summed E-state index contributed by atoms with van der Waals surface area (Å²) >= 11 is 1.94. The molecule has 106 valence electrons. The van der Waals surface area contributed by atoms with Crippen LogP contribution in [-0.4, -0.2) is 31.1 Å². The average molecular weight is 281 g/mol. The number of hydrogen-bond donors (Lipinski definition) is 1. The van der Waals surface area contributed by atoms with Crippen molar-refractivity contribution in [2.24, 2.45) is 5.73 Å². The summed E-state index contributed by atoms with van der Waals surface area (Å²) in [5.74, 6) is 0.884. The predicted octanol–water partition coefficient (Wildman–Crippen LogP) is 2.99. The molecule has 1 aliphatic rings. The summed E-state index contributed by atoms with van der Waals surface area (Å²) in [4.78, 5) is 0. The topological polar surface area (TPSA) is 44.5 Å².